The second-order valence-electron chi connectivity index (χ2n) is 12.7. The number of amides is 4. The molecular weight excluding hydrogens is 902 g/mol. The van der Waals surface area contributed by atoms with Crippen molar-refractivity contribution in [2.75, 3.05) is 42.7 Å². The van der Waals surface area contributed by atoms with E-state index < -0.39 is 35.4 Å². The second kappa shape index (κ2) is 30.4. The molecule has 0 radical (unpaired) electrons. The molecule has 68 heavy (non-hydrogen) atoms. The van der Waals surface area contributed by atoms with E-state index in [1.807, 2.05) is 76.7 Å². The highest BCUT2D eigenvalue weighted by Crippen LogP contribution is 2.26. The minimum atomic E-state index is -1.50. The lowest BCUT2D eigenvalue weighted by molar-refractivity contribution is -0.179. The maximum atomic E-state index is 12.8. The summed E-state index contributed by atoms with van der Waals surface area (Å²) in [5, 5.41) is 9.18. The fraction of sp³-hybridized carbons (Fsp3) is 0.341. The molecule has 24 heteroatoms. The molecule has 5 heterocycles. The molecule has 1 fully saturated rings. The number of carbonyl (C=O) groups excluding carboxylic acids is 5. The van der Waals surface area contributed by atoms with Crippen LogP contribution in [-0.2, 0) is 35.8 Å². The maximum Gasteiger partial charge on any atom is 0.507 e. The first-order valence-electron chi connectivity index (χ1n) is 20.0. The van der Waals surface area contributed by atoms with Crippen LogP contribution in [0.5, 0.6) is 5.75 Å². The number of imide groups is 2. The Morgan fingerprint density at radius 3 is 1.51 bits per heavy atom. The zero-order valence-corrected chi connectivity index (χ0v) is 39.9. The molecule has 0 atom stereocenters. The van der Waals surface area contributed by atoms with Crippen LogP contribution in [0.3, 0.4) is 0 Å². The standard InChI is InChI=1S/C9H7NO3.C8H7F3O.C7H7N3O.C6H9N3.C5H7NO3.C4H6N2.C3H6O3.C2H6/c1-13-10-8(11)6-4-2-3-5-7(6)9(10)12;1-4-3-5(9)6(10)7(11)8(4)12-2;1-11-10-7-5-3-2-4-6(7)8-9-10;1-4-7-5(2)9-6(3)8-4;1-9-6-4(7)2-3-5(6)8;1-6-3-2-5-4-6;1-5-3(4)6-2;1-2/h2-5H,1H3;3H,1-2H3;2-5H,1H3;1-3H3;2-3H2,1H3;2-4H,1H3;1-2H3;1-2H3. The molecule has 3 aromatic heterocycles. The highest BCUT2D eigenvalue weighted by atomic mass is 19.2. The van der Waals surface area contributed by atoms with E-state index in [0.29, 0.717) is 11.1 Å². The van der Waals surface area contributed by atoms with Crippen molar-refractivity contribution in [2.45, 2.75) is 54.4 Å². The maximum absolute atomic E-state index is 12.8. The fourth-order valence-electron chi connectivity index (χ4n) is 5.21. The van der Waals surface area contributed by atoms with Crippen molar-refractivity contribution in [1.29, 1.82) is 0 Å². The van der Waals surface area contributed by atoms with Crippen LogP contribution in [0.1, 0.15) is 70.4 Å². The minimum Gasteiger partial charge on any atom is -0.493 e. The molecule has 2 aliphatic heterocycles. The molecule has 3 aromatic carbocycles. The SMILES string of the molecule is CC.COC(=O)OC.CON1C(=O)CCC1=O.CON1C(=O)c2ccccc2C1=O.COc1c(C)cc(F)c(F)c1F.COn1nnc2ccccc21.Cc1nc(C)nc(C)n1.Cn1ccnc1. The first-order chi connectivity index (χ1) is 32.4. The number of aryl methyl sites for hydroxylation is 5. The lowest BCUT2D eigenvalue weighted by Gasteiger charge is -2.07. The Hall–Kier alpha value is -7.86. The molecule has 0 bridgehead atoms. The number of hydroxylamine groups is 4. The number of ether oxygens (including phenoxy) is 3. The summed E-state index contributed by atoms with van der Waals surface area (Å²) in [5.41, 5.74) is 2.75. The highest BCUT2D eigenvalue weighted by Gasteiger charge is 2.35. The molecule has 368 valence electrons. The molecule has 0 unspecified atom stereocenters. The number of halogens is 3. The summed E-state index contributed by atoms with van der Waals surface area (Å²) in [5.74, 6) is -3.16. The molecule has 0 spiro atoms. The second-order valence-corrected chi connectivity index (χ2v) is 12.7. The van der Waals surface area contributed by atoms with Crippen LogP contribution >= 0.6 is 0 Å². The minimum absolute atomic E-state index is 0.230. The van der Waals surface area contributed by atoms with E-state index >= 15 is 0 Å². The number of para-hydroxylation sites is 1. The molecule has 8 rings (SSSR count). The normalized spacial score (nSPS) is 11.6. The van der Waals surface area contributed by atoms with Crippen molar-refractivity contribution in [3.63, 3.8) is 0 Å². The number of imidazole rings is 1. The third-order valence-electron chi connectivity index (χ3n) is 8.07. The van der Waals surface area contributed by atoms with Crippen molar-refractivity contribution >= 4 is 40.8 Å². The van der Waals surface area contributed by atoms with Gasteiger partial charge in [-0.2, -0.15) is 9.45 Å². The molecule has 4 amide bonds. The molecule has 21 nitrogen and oxygen atoms in total. The summed E-state index contributed by atoms with van der Waals surface area (Å²) in [6, 6.07) is 15.1. The third kappa shape index (κ3) is 17.8. The van der Waals surface area contributed by atoms with Gasteiger partial charge in [0.2, 0.25) is 5.82 Å². The monoisotopic (exact) mass is 956 g/mol. The van der Waals surface area contributed by atoms with E-state index in [4.69, 9.17) is 4.84 Å². The van der Waals surface area contributed by atoms with Gasteiger partial charge in [0.25, 0.3) is 23.6 Å². The van der Waals surface area contributed by atoms with Crippen LogP contribution in [0.15, 0.2) is 73.3 Å². The number of rotatable bonds is 4. The lowest BCUT2D eigenvalue weighted by atomic mass is 10.1. The predicted octanol–water partition coefficient (Wildman–Crippen LogP) is 6.09. The zero-order valence-electron chi connectivity index (χ0n) is 39.9. The van der Waals surface area contributed by atoms with Crippen LogP contribution in [0, 0.1) is 45.1 Å². The van der Waals surface area contributed by atoms with Gasteiger partial charge < -0.3 is 23.6 Å². The van der Waals surface area contributed by atoms with Gasteiger partial charge in [-0.1, -0.05) is 43.0 Å². The molecule has 1 saturated heterocycles. The van der Waals surface area contributed by atoms with Gasteiger partial charge in [0.05, 0.1) is 53.0 Å². The van der Waals surface area contributed by atoms with Crippen molar-refractivity contribution in [3.8, 4) is 5.75 Å². The van der Waals surface area contributed by atoms with Gasteiger partial charge in [-0.15, -0.1) is 10.2 Å². The van der Waals surface area contributed by atoms with Crippen molar-refractivity contribution in [3.05, 3.63) is 125 Å². The molecule has 6 aromatic rings. The van der Waals surface area contributed by atoms with Gasteiger partial charge in [-0.3, -0.25) is 28.9 Å². The Balaban J connectivity index is 0.000000400. The molecule has 2 aliphatic rings. The largest absolute Gasteiger partial charge is 0.507 e. The summed E-state index contributed by atoms with van der Waals surface area (Å²) >= 11 is 0. The van der Waals surface area contributed by atoms with Crippen LogP contribution in [-0.4, -0.2) is 122 Å². The van der Waals surface area contributed by atoms with Crippen molar-refractivity contribution in [1.82, 2.24) is 49.8 Å². The Labute approximate surface area is 390 Å². The van der Waals surface area contributed by atoms with Crippen LogP contribution in [0.2, 0.25) is 0 Å². The number of fused-ring (bicyclic) bond motifs is 2. The van der Waals surface area contributed by atoms with Gasteiger partial charge in [0, 0.05) is 32.3 Å². The number of aromatic nitrogens is 8. The Bertz CT molecular complexity index is 2440. The number of nitrogens with zero attached hydrogens (tertiary/aromatic N) is 10. The first kappa shape index (κ1) is 58.2. The van der Waals surface area contributed by atoms with Gasteiger partial charge in [-0.05, 0) is 68.8 Å². The van der Waals surface area contributed by atoms with Crippen LogP contribution in [0.4, 0.5) is 18.0 Å². The average Bonchev–Trinajstić information content (AvgIpc) is 4.12. The van der Waals surface area contributed by atoms with Gasteiger partial charge in [0.15, 0.2) is 17.4 Å². The summed E-state index contributed by atoms with van der Waals surface area (Å²) < 4.78 is 52.3. The smallest absolute Gasteiger partial charge is 0.493 e. The molecule has 0 aliphatic carbocycles. The number of carbonyl (C=O) groups is 5. The first-order valence-corrected chi connectivity index (χ1v) is 20.0. The van der Waals surface area contributed by atoms with E-state index in [9.17, 15) is 37.1 Å². The molecule has 0 saturated carbocycles. The number of methoxy groups -OCH3 is 3. The lowest BCUT2D eigenvalue weighted by Crippen LogP contribution is -2.28. The van der Waals surface area contributed by atoms with E-state index in [2.05, 4.69) is 54.1 Å². The van der Waals surface area contributed by atoms with Gasteiger partial charge >= 0.3 is 6.16 Å². The van der Waals surface area contributed by atoms with Gasteiger partial charge in [0.1, 0.15) is 35.6 Å². The Morgan fingerprint density at radius 2 is 1.15 bits per heavy atom. The van der Waals surface area contributed by atoms with Crippen LogP contribution in [0.25, 0.3) is 11.0 Å². The molecule has 0 N–H and O–H groups in total. The predicted molar refractivity (Wildman–Crippen MR) is 238 cm³/mol. The fourth-order valence-corrected chi connectivity index (χ4v) is 5.21. The van der Waals surface area contributed by atoms with Crippen molar-refractivity contribution < 1.29 is 65.9 Å². The van der Waals surface area contributed by atoms with E-state index in [0.717, 1.165) is 44.7 Å². The number of benzene rings is 3. The van der Waals surface area contributed by atoms with Crippen molar-refractivity contribution in [2.24, 2.45) is 7.05 Å². The zero-order chi connectivity index (χ0) is 51.5. The van der Waals surface area contributed by atoms with E-state index in [1.165, 1.54) is 47.3 Å². The van der Waals surface area contributed by atoms with E-state index in [1.54, 1.807) is 43.9 Å². The summed E-state index contributed by atoms with van der Waals surface area (Å²) in [6.45, 7) is 11.0. The third-order valence-corrected chi connectivity index (χ3v) is 8.07. The summed E-state index contributed by atoms with van der Waals surface area (Å²) in [4.78, 5) is 85.0. The summed E-state index contributed by atoms with van der Waals surface area (Å²) in [6.07, 6.45) is 5.30. The number of hydrogen-bond donors (Lipinski definition) is 0. The topological polar surface area (TPSA) is 234 Å². The highest BCUT2D eigenvalue weighted by molar-refractivity contribution is 6.20. The Morgan fingerprint density at radius 1 is 0.662 bits per heavy atom. The quantitative estimate of drug-likeness (QED) is 0.110. The number of hydrogen-bond acceptors (Lipinski definition) is 17. The van der Waals surface area contributed by atoms with Crippen LogP contribution < -0.4 is 9.57 Å². The van der Waals surface area contributed by atoms with Gasteiger partial charge in [-0.25, -0.2) is 33.5 Å². The molecular formula is C44H55F3N10O11. The summed E-state index contributed by atoms with van der Waals surface area (Å²) in [7, 11) is 9.80. The average molecular weight is 957 g/mol. The Kier molecular flexibility index (Phi) is 26.0. The van der Waals surface area contributed by atoms with E-state index in [-0.39, 0.29) is 36.0 Å².